The predicted octanol–water partition coefficient (Wildman–Crippen LogP) is 5.47. The fourth-order valence-electron chi connectivity index (χ4n) is 6.33. The maximum absolute atomic E-state index is 13.6. The Labute approximate surface area is 208 Å². The number of nitrogens with one attached hydrogen (secondary N) is 2. The normalized spacial score (nSPS) is 22.6. The van der Waals surface area contributed by atoms with E-state index in [1.54, 1.807) is 0 Å². The van der Waals surface area contributed by atoms with Gasteiger partial charge in [0.2, 0.25) is 0 Å². The molecule has 0 spiro atoms. The van der Waals surface area contributed by atoms with Crippen LogP contribution in [0.1, 0.15) is 72.5 Å². The molecule has 35 heavy (non-hydrogen) atoms. The lowest BCUT2D eigenvalue weighted by atomic mass is 9.91. The molecule has 0 amide bonds. The topological polar surface area (TPSA) is 60.7 Å². The van der Waals surface area contributed by atoms with E-state index in [9.17, 15) is 4.79 Å². The van der Waals surface area contributed by atoms with Gasteiger partial charge in [-0.1, -0.05) is 49.2 Å². The summed E-state index contributed by atoms with van der Waals surface area (Å²) in [4.78, 5) is 19.5. The second-order valence-corrected chi connectivity index (χ2v) is 10.7. The Balaban J connectivity index is 1.10. The molecule has 0 bridgehead atoms. The zero-order chi connectivity index (χ0) is 23.6. The van der Waals surface area contributed by atoms with E-state index in [1.807, 2.05) is 48.7 Å². The largest absolute Gasteiger partial charge is 0.371 e. The lowest BCUT2D eigenvalue weighted by molar-refractivity contribution is 0.103. The van der Waals surface area contributed by atoms with Gasteiger partial charge < -0.3 is 19.9 Å². The van der Waals surface area contributed by atoms with Gasteiger partial charge >= 0.3 is 0 Å². The van der Waals surface area contributed by atoms with E-state index in [2.05, 4.69) is 21.3 Å². The minimum Gasteiger partial charge on any atom is -0.371 e. The summed E-state index contributed by atoms with van der Waals surface area (Å²) < 4.78 is 5.74. The maximum atomic E-state index is 13.6. The summed E-state index contributed by atoms with van der Waals surface area (Å²) in [6.07, 6.45) is 11.6. The van der Waals surface area contributed by atoms with Gasteiger partial charge in [0.15, 0.2) is 5.78 Å². The molecule has 0 radical (unpaired) electrons. The van der Waals surface area contributed by atoms with Crippen molar-refractivity contribution in [1.82, 2.24) is 15.2 Å². The minimum atomic E-state index is 0.0583. The minimum absolute atomic E-state index is 0.0583. The number of likely N-dealkylation sites (tertiary alicyclic amines) is 1. The zero-order valence-electron chi connectivity index (χ0n) is 20.5. The van der Waals surface area contributed by atoms with Crippen LogP contribution in [0.3, 0.4) is 0 Å². The molecular weight excluding hydrogens is 434 g/mol. The Hall–Kier alpha value is -2.47. The fourth-order valence-corrected chi connectivity index (χ4v) is 6.33. The molecule has 3 aliphatic rings. The Morgan fingerprint density at radius 2 is 1.86 bits per heavy atom. The standard InChI is InChI=1S/C30H37N3O2/c34-30(23-10-9-22-12-16-31-27(22)19-23)26-8-4-3-7-25(26)29(28-20-35-28)32-15-11-21-13-17-33(18-14-21)24-5-1-2-6-24/h3-4,7-10,12,16,19,21,24,28-29,31-32H,1-2,5-6,11,13-15,17-18,20H2. The number of nitrogens with zero attached hydrogens (tertiary/aromatic N) is 1. The van der Waals surface area contributed by atoms with Crippen LogP contribution in [0, 0.1) is 5.92 Å². The molecule has 2 unspecified atom stereocenters. The molecule has 2 saturated heterocycles. The van der Waals surface area contributed by atoms with Gasteiger partial charge in [-0.25, -0.2) is 0 Å². The van der Waals surface area contributed by atoms with Gasteiger partial charge in [-0.3, -0.25) is 4.79 Å². The number of benzene rings is 2. The summed E-state index contributed by atoms with van der Waals surface area (Å²) >= 11 is 0. The molecule has 1 aromatic heterocycles. The Kier molecular flexibility index (Phi) is 6.73. The number of ether oxygens (including phenoxy) is 1. The van der Waals surface area contributed by atoms with E-state index >= 15 is 0 Å². The van der Waals surface area contributed by atoms with Crippen molar-refractivity contribution in [2.45, 2.75) is 63.1 Å². The number of piperidine rings is 1. The van der Waals surface area contributed by atoms with Crippen molar-refractivity contribution in [1.29, 1.82) is 0 Å². The van der Waals surface area contributed by atoms with Gasteiger partial charge in [-0.05, 0) is 80.7 Å². The van der Waals surface area contributed by atoms with Crippen molar-refractivity contribution < 1.29 is 9.53 Å². The molecule has 3 aromatic rings. The number of carbonyl (C=O) groups excluding carboxylic acids is 1. The van der Waals surface area contributed by atoms with E-state index in [-0.39, 0.29) is 17.9 Å². The first kappa shape index (κ1) is 23.0. The van der Waals surface area contributed by atoms with Crippen molar-refractivity contribution in [3.05, 3.63) is 71.4 Å². The van der Waals surface area contributed by atoms with E-state index < -0.39 is 0 Å². The first-order valence-electron chi connectivity index (χ1n) is 13.6. The second kappa shape index (κ2) is 10.3. The van der Waals surface area contributed by atoms with Gasteiger partial charge in [0, 0.05) is 28.9 Å². The fraction of sp³-hybridized carbons (Fsp3) is 0.500. The first-order valence-corrected chi connectivity index (χ1v) is 13.6. The third-order valence-corrected chi connectivity index (χ3v) is 8.50. The SMILES string of the molecule is O=C(c1ccc2cc[nH]c2c1)c1ccccc1C(NCCC1CCN(C2CCCC2)CC1)C1CO1. The van der Waals surface area contributed by atoms with E-state index in [1.165, 1.54) is 58.0 Å². The number of ketones is 1. The zero-order valence-corrected chi connectivity index (χ0v) is 20.5. The highest BCUT2D eigenvalue weighted by atomic mass is 16.6. The van der Waals surface area contributed by atoms with E-state index in [4.69, 9.17) is 4.74 Å². The summed E-state index contributed by atoms with van der Waals surface area (Å²) in [6, 6.07) is 16.9. The number of epoxide rings is 1. The molecule has 6 rings (SSSR count). The van der Waals surface area contributed by atoms with Crippen LogP contribution in [0.2, 0.25) is 0 Å². The average molecular weight is 472 g/mol. The Bertz CT molecular complexity index is 1150. The molecule has 184 valence electrons. The number of aromatic amines is 1. The molecule has 5 heteroatoms. The van der Waals surface area contributed by atoms with Crippen LogP contribution in [0.4, 0.5) is 0 Å². The summed E-state index contributed by atoms with van der Waals surface area (Å²) in [6.45, 7) is 4.27. The van der Waals surface area contributed by atoms with Crippen LogP contribution >= 0.6 is 0 Å². The van der Waals surface area contributed by atoms with Crippen molar-refractivity contribution in [3.63, 3.8) is 0 Å². The van der Waals surface area contributed by atoms with Crippen LogP contribution in [0.15, 0.2) is 54.7 Å². The smallest absolute Gasteiger partial charge is 0.193 e. The highest BCUT2D eigenvalue weighted by Gasteiger charge is 2.36. The van der Waals surface area contributed by atoms with Crippen LogP contribution < -0.4 is 5.32 Å². The summed E-state index contributed by atoms with van der Waals surface area (Å²) in [5.74, 6) is 0.870. The number of hydrogen-bond donors (Lipinski definition) is 2. The number of carbonyl (C=O) groups is 1. The molecule has 2 aromatic carbocycles. The molecular formula is C30H37N3O2. The molecule has 1 aliphatic carbocycles. The Morgan fingerprint density at radius 3 is 2.66 bits per heavy atom. The summed E-state index contributed by atoms with van der Waals surface area (Å²) in [5.41, 5.74) is 3.54. The average Bonchev–Trinajstić information content (AvgIpc) is 3.38. The van der Waals surface area contributed by atoms with Gasteiger partial charge in [-0.15, -0.1) is 0 Å². The van der Waals surface area contributed by atoms with Gasteiger partial charge in [0.1, 0.15) is 6.10 Å². The lowest BCUT2D eigenvalue weighted by Gasteiger charge is -2.36. The van der Waals surface area contributed by atoms with Crippen LogP contribution in [-0.2, 0) is 4.74 Å². The van der Waals surface area contributed by atoms with Crippen molar-refractivity contribution >= 4 is 16.7 Å². The number of H-pyrrole nitrogens is 1. The molecule has 3 fully saturated rings. The highest BCUT2D eigenvalue weighted by molar-refractivity contribution is 6.11. The van der Waals surface area contributed by atoms with Crippen LogP contribution in [-0.4, -0.2) is 54.1 Å². The third kappa shape index (κ3) is 5.09. The lowest BCUT2D eigenvalue weighted by Crippen LogP contribution is -2.40. The van der Waals surface area contributed by atoms with Crippen molar-refractivity contribution in [3.8, 4) is 0 Å². The second-order valence-electron chi connectivity index (χ2n) is 10.7. The summed E-state index contributed by atoms with van der Waals surface area (Å²) in [5, 5.41) is 4.91. The van der Waals surface area contributed by atoms with Crippen LogP contribution in [0.5, 0.6) is 0 Å². The molecule has 2 aliphatic heterocycles. The van der Waals surface area contributed by atoms with Crippen molar-refractivity contribution in [2.75, 3.05) is 26.2 Å². The van der Waals surface area contributed by atoms with Gasteiger partial charge in [0.25, 0.3) is 0 Å². The number of aromatic nitrogens is 1. The molecule has 3 heterocycles. The number of rotatable bonds is 9. The predicted molar refractivity (Wildman–Crippen MR) is 140 cm³/mol. The van der Waals surface area contributed by atoms with Gasteiger partial charge in [-0.2, -0.15) is 0 Å². The van der Waals surface area contributed by atoms with Gasteiger partial charge in [0.05, 0.1) is 12.6 Å². The van der Waals surface area contributed by atoms with E-state index in [0.29, 0.717) is 0 Å². The number of fused-ring (bicyclic) bond motifs is 1. The summed E-state index contributed by atoms with van der Waals surface area (Å²) in [7, 11) is 0. The highest BCUT2D eigenvalue weighted by Crippen LogP contribution is 2.32. The molecule has 2 atom stereocenters. The van der Waals surface area contributed by atoms with Crippen LogP contribution in [0.25, 0.3) is 10.9 Å². The maximum Gasteiger partial charge on any atom is 0.193 e. The van der Waals surface area contributed by atoms with E-state index in [0.717, 1.165) is 52.7 Å². The molecule has 2 N–H and O–H groups in total. The quantitative estimate of drug-likeness (QED) is 0.321. The third-order valence-electron chi connectivity index (χ3n) is 8.50. The van der Waals surface area contributed by atoms with Crippen molar-refractivity contribution in [2.24, 2.45) is 5.92 Å². The molecule has 1 saturated carbocycles. The number of hydrogen-bond acceptors (Lipinski definition) is 4. The molecule has 5 nitrogen and oxygen atoms in total. The first-order chi connectivity index (χ1) is 17.3. The monoisotopic (exact) mass is 471 g/mol. The Morgan fingerprint density at radius 1 is 1.06 bits per heavy atom.